The van der Waals surface area contributed by atoms with Gasteiger partial charge in [0.05, 0.1) is 26.2 Å². The highest BCUT2D eigenvalue weighted by Gasteiger charge is 2.51. The highest BCUT2D eigenvalue weighted by atomic mass is 16.7. The molecule has 2 heterocycles. The monoisotopic (exact) mass is 385 g/mol. The van der Waals surface area contributed by atoms with Crippen molar-refractivity contribution in [3.63, 3.8) is 0 Å². The van der Waals surface area contributed by atoms with Crippen LogP contribution in [0.3, 0.4) is 0 Å². The van der Waals surface area contributed by atoms with Crippen molar-refractivity contribution in [2.24, 2.45) is 5.41 Å². The van der Waals surface area contributed by atoms with Crippen LogP contribution in [0.2, 0.25) is 0 Å². The Balaban J connectivity index is 0.00000280. The highest BCUT2D eigenvalue weighted by Crippen LogP contribution is 2.37. The molecule has 1 aromatic carbocycles. The van der Waals surface area contributed by atoms with E-state index in [1.165, 1.54) is 12.5 Å². The minimum atomic E-state index is -0.379. The molecule has 1 aliphatic heterocycles. The molecule has 1 saturated heterocycles. The van der Waals surface area contributed by atoms with E-state index in [4.69, 9.17) is 14.0 Å². The Morgan fingerprint density at radius 1 is 1.18 bits per heavy atom. The summed E-state index contributed by atoms with van der Waals surface area (Å²) in [7, 11) is -0.379. The van der Waals surface area contributed by atoms with Gasteiger partial charge in [-0.25, -0.2) is 0 Å². The van der Waals surface area contributed by atoms with Crippen molar-refractivity contribution < 1.29 is 18.8 Å². The van der Waals surface area contributed by atoms with Gasteiger partial charge < -0.3 is 19.0 Å². The molecule has 0 amide bonds. The van der Waals surface area contributed by atoms with Gasteiger partial charge in [0, 0.05) is 29.4 Å². The van der Waals surface area contributed by atoms with E-state index in [2.05, 4.69) is 64.7 Å². The molecule has 0 saturated carbocycles. The minimum Gasteiger partial charge on any atom is -0.465 e. The van der Waals surface area contributed by atoms with Crippen molar-refractivity contribution in [1.82, 2.24) is 4.98 Å². The van der Waals surface area contributed by atoms with Crippen molar-refractivity contribution in [2.75, 3.05) is 6.61 Å². The van der Waals surface area contributed by atoms with Gasteiger partial charge in [-0.2, -0.15) is 0 Å². The van der Waals surface area contributed by atoms with E-state index in [9.17, 15) is 4.79 Å². The van der Waals surface area contributed by atoms with E-state index >= 15 is 0 Å². The van der Waals surface area contributed by atoms with Crippen LogP contribution in [0.5, 0.6) is 0 Å². The fourth-order valence-corrected chi connectivity index (χ4v) is 3.33. The molecular formula is C21H33B2NO4. The summed E-state index contributed by atoms with van der Waals surface area (Å²) in [6, 6.07) is 6.26. The molecule has 0 bridgehead atoms. The number of aromatic amines is 1. The number of aromatic nitrogens is 1. The number of esters is 1. The Labute approximate surface area is 170 Å². The first kappa shape index (κ1) is 22.6. The molecule has 28 heavy (non-hydrogen) atoms. The van der Waals surface area contributed by atoms with Crippen molar-refractivity contribution in [2.45, 2.75) is 66.1 Å². The Morgan fingerprint density at radius 2 is 1.79 bits per heavy atom. The molecule has 1 aliphatic rings. The normalized spacial score (nSPS) is 18.2. The van der Waals surface area contributed by atoms with Gasteiger partial charge in [0.25, 0.3) is 0 Å². The third-order valence-electron chi connectivity index (χ3n) is 5.65. The van der Waals surface area contributed by atoms with Crippen molar-refractivity contribution >= 4 is 37.9 Å². The SMILES string of the molecule is B.CC(=O)OCC(C)(C)Cc1c[nH]c2ccc(B3OC(C)(C)C(C)(C)O3)cc12. The summed E-state index contributed by atoms with van der Waals surface area (Å²) in [6.07, 6.45) is 2.83. The van der Waals surface area contributed by atoms with Crippen molar-refractivity contribution in [1.29, 1.82) is 0 Å². The zero-order valence-electron chi connectivity index (χ0n) is 17.4. The molecule has 5 nitrogen and oxygen atoms in total. The molecular weight excluding hydrogens is 352 g/mol. The predicted octanol–water partition coefficient (Wildman–Crippen LogP) is 2.42. The van der Waals surface area contributed by atoms with E-state index in [0.29, 0.717) is 6.61 Å². The number of benzene rings is 1. The number of carbonyl (C=O) groups is 1. The summed E-state index contributed by atoms with van der Waals surface area (Å²) in [5.41, 5.74) is 2.41. The second-order valence-electron chi connectivity index (χ2n) is 9.33. The van der Waals surface area contributed by atoms with Crippen LogP contribution in [0.25, 0.3) is 10.9 Å². The fourth-order valence-electron chi connectivity index (χ4n) is 3.33. The molecule has 1 N–H and O–H groups in total. The topological polar surface area (TPSA) is 60.6 Å². The lowest BCUT2D eigenvalue weighted by Gasteiger charge is -2.32. The molecule has 1 aromatic heterocycles. The van der Waals surface area contributed by atoms with Gasteiger partial charge in [-0.15, -0.1) is 0 Å². The lowest BCUT2D eigenvalue weighted by Crippen LogP contribution is -2.41. The Kier molecular flexibility index (Phi) is 6.13. The molecule has 0 atom stereocenters. The molecule has 152 valence electrons. The zero-order chi connectivity index (χ0) is 20.0. The highest BCUT2D eigenvalue weighted by molar-refractivity contribution is 6.62. The van der Waals surface area contributed by atoms with Gasteiger partial charge in [-0.3, -0.25) is 4.79 Å². The van der Waals surface area contributed by atoms with Gasteiger partial charge >= 0.3 is 13.1 Å². The first-order valence-corrected chi connectivity index (χ1v) is 9.49. The van der Waals surface area contributed by atoms with Gasteiger partial charge in [-0.1, -0.05) is 26.0 Å². The Bertz CT molecular complexity index is 841. The number of nitrogens with one attached hydrogen (secondary N) is 1. The lowest BCUT2D eigenvalue weighted by atomic mass is 9.78. The number of carbonyl (C=O) groups excluding carboxylic acids is 1. The molecule has 7 heteroatoms. The standard InChI is InChI=1S/C21H30BNO4.BH3/c1-14(24)25-13-19(2,3)11-15-12-23-18-9-8-16(10-17(15)18)22-26-20(4,5)21(6,7)27-22;/h8-10,12,23H,11,13H2,1-7H3;1H3. The Morgan fingerprint density at radius 3 is 2.36 bits per heavy atom. The Hall–Kier alpha value is -1.72. The predicted molar refractivity (Wildman–Crippen MR) is 118 cm³/mol. The smallest absolute Gasteiger partial charge is 0.465 e. The van der Waals surface area contributed by atoms with E-state index in [1.807, 2.05) is 6.20 Å². The molecule has 0 unspecified atom stereocenters. The quantitative estimate of drug-likeness (QED) is 0.635. The second kappa shape index (κ2) is 7.60. The zero-order valence-corrected chi connectivity index (χ0v) is 17.4. The summed E-state index contributed by atoms with van der Waals surface area (Å²) in [5, 5.41) is 1.15. The maximum atomic E-state index is 11.1. The average molecular weight is 385 g/mol. The summed E-state index contributed by atoms with van der Waals surface area (Å²) in [4.78, 5) is 14.5. The van der Waals surface area contributed by atoms with Crippen LogP contribution in [0.1, 0.15) is 54.0 Å². The lowest BCUT2D eigenvalue weighted by molar-refractivity contribution is -0.143. The second-order valence-corrected chi connectivity index (χ2v) is 9.33. The first-order chi connectivity index (χ1) is 12.4. The van der Waals surface area contributed by atoms with Crippen LogP contribution in [0, 0.1) is 5.41 Å². The largest absolute Gasteiger partial charge is 0.494 e. The number of hydrogen-bond acceptors (Lipinski definition) is 4. The molecule has 2 aromatic rings. The summed E-state index contributed by atoms with van der Waals surface area (Å²) >= 11 is 0. The molecule has 1 fully saturated rings. The minimum absolute atomic E-state index is 0. The number of H-pyrrole nitrogens is 1. The fraction of sp³-hybridized carbons (Fsp3) is 0.571. The van der Waals surface area contributed by atoms with Crippen LogP contribution in [-0.4, -0.2) is 44.3 Å². The number of ether oxygens (including phenoxy) is 1. The number of fused-ring (bicyclic) bond motifs is 1. The van der Waals surface area contributed by atoms with Crippen molar-refractivity contribution in [3.8, 4) is 0 Å². The van der Waals surface area contributed by atoms with Gasteiger partial charge in [-0.05, 0) is 51.2 Å². The molecule has 0 radical (unpaired) electrons. The summed E-state index contributed by atoms with van der Waals surface area (Å²) in [6.45, 7) is 14.3. The maximum Gasteiger partial charge on any atom is 0.494 e. The van der Waals surface area contributed by atoms with Crippen LogP contribution >= 0.6 is 0 Å². The third-order valence-corrected chi connectivity index (χ3v) is 5.65. The van der Waals surface area contributed by atoms with Crippen LogP contribution in [-0.2, 0) is 25.3 Å². The van der Waals surface area contributed by atoms with E-state index in [1.54, 1.807) is 0 Å². The van der Waals surface area contributed by atoms with E-state index in [0.717, 1.165) is 22.8 Å². The van der Waals surface area contributed by atoms with Crippen LogP contribution in [0.4, 0.5) is 0 Å². The molecule has 3 rings (SSSR count). The van der Waals surface area contributed by atoms with Gasteiger partial charge in [0.2, 0.25) is 0 Å². The summed E-state index contributed by atoms with van der Waals surface area (Å²) in [5.74, 6) is -0.245. The molecule has 0 aliphatic carbocycles. The average Bonchev–Trinajstić information content (AvgIpc) is 3.03. The number of rotatable bonds is 5. The molecule has 0 spiro atoms. The maximum absolute atomic E-state index is 11.1. The van der Waals surface area contributed by atoms with Crippen molar-refractivity contribution in [3.05, 3.63) is 30.0 Å². The van der Waals surface area contributed by atoms with Crippen LogP contribution in [0.15, 0.2) is 24.4 Å². The van der Waals surface area contributed by atoms with Gasteiger partial charge in [0.15, 0.2) is 0 Å². The first-order valence-electron chi connectivity index (χ1n) is 9.49. The van der Waals surface area contributed by atoms with Crippen LogP contribution < -0.4 is 5.46 Å². The van der Waals surface area contributed by atoms with E-state index < -0.39 is 0 Å². The third kappa shape index (κ3) is 4.47. The number of hydrogen-bond donors (Lipinski definition) is 1. The van der Waals surface area contributed by atoms with E-state index in [-0.39, 0.29) is 38.1 Å². The van der Waals surface area contributed by atoms with Gasteiger partial charge in [0.1, 0.15) is 0 Å². The summed E-state index contributed by atoms with van der Waals surface area (Å²) < 4.78 is 17.6.